The average Bonchev–Trinajstić information content (AvgIpc) is 2.94. The van der Waals surface area contributed by atoms with E-state index in [1.807, 2.05) is 0 Å². The summed E-state index contributed by atoms with van der Waals surface area (Å²) in [5.41, 5.74) is 0. The van der Waals surface area contributed by atoms with Crippen LogP contribution < -0.4 is 5.32 Å². The predicted octanol–water partition coefficient (Wildman–Crippen LogP) is 0.402. The number of hydrogen-bond donors (Lipinski definition) is 2. The number of carboxylic acids is 1. The monoisotopic (exact) mass is 255 g/mol. The normalized spacial score (nSPS) is 23.2. The minimum absolute atomic E-state index is 0.0578. The molecule has 1 amide bonds. The van der Waals surface area contributed by atoms with Crippen LogP contribution in [-0.4, -0.2) is 42.9 Å². The third-order valence-corrected chi connectivity index (χ3v) is 2.26. The summed E-state index contributed by atoms with van der Waals surface area (Å²) < 4.78 is 39.2. The lowest BCUT2D eigenvalue weighted by molar-refractivity contribution is -0.173. The molecular weight excluding hydrogens is 243 g/mol. The Bertz CT molecular complexity index is 305. The number of ether oxygens (including phenoxy) is 1. The van der Waals surface area contributed by atoms with Gasteiger partial charge in [-0.05, 0) is 6.42 Å². The van der Waals surface area contributed by atoms with Gasteiger partial charge in [-0.25, -0.2) is 0 Å². The predicted molar refractivity (Wildman–Crippen MR) is 49.1 cm³/mol. The van der Waals surface area contributed by atoms with Gasteiger partial charge >= 0.3 is 12.1 Å². The first kappa shape index (κ1) is 13.8. The van der Waals surface area contributed by atoms with Gasteiger partial charge in [-0.3, -0.25) is 9.59 Å². The van der Waals surface area contributed by atoms with Crippen molar-refractivity contribution in [2.75, 3.05) is 19.8 Å². The summed E-state index contributed by atoms with van der Waals surface area (Å²) in [7, 11) is 0. The van der Waals surface area contributed by atoms with Crippen LogP contribution in [0.3, 0.4) is 0 Å². The topological polar surface area (TPSA) is 75.6 Å². The van der Waals surface area contributed by atoms with Gasteiger partial charge in [0.1, 0.15) is 6.61 Å². The van der Waals surface area contributed by atoms with Crippen molar-refractivity contribution in [2.24, 2.45) is 11.8 Å². The van der Waals surface area contributed by atoms with E-state index in [0.29, 0.717) is 0 Å². The van der Waals surface area contributed by atoms with Gasteiger partial charge < -0.3 is 15.2 Å². The summed E-state index contributed by atoms with van der Waals surface area (Å²) in [4.78, 5) is 21.7. The molecule has 1 fully saturated rings. The third kappa shape index (κ3) is 5.03. The number of hydrogen-bond acceptors (Lipinski definition) is 3. The van der Waals surface area contributed by atoms with E-state index in [4.69, 9.17) is 5.11 Å². The third-order valence-electron chi connectivity index (χ3n) is 2.26. The summed E-state index contributed by atoms with van der Waals surface area (Å²) in [6, 6.07) is 0. The Balaban J connectivity index is 2.04. The minimum atomic E-state index is -4.38. The van der Waals surface area contributed by atoms with E-state index in [2.05, 4.69) is 10.1 Å². The van der Waals surface area contributed by atoms with E-state index in [1.165, 1.54) is 0 Å². The van der Waals surface area contributed by atoms with E-state index in [0.717, 1.165) is 0 Å². The molecule has 17 heavy (non-hydrogen) atoms. The lowest BCUT2D eigenvalue weighted by atomic mass is 10.3. The van der Waals surface area contributed by atoms with Crippen LogP contribution in [0.2, 0.25) is 0 Å². The van der Waals surface area contributed by atoms with Gasteiger partial charge in [-0.1, -0.05) is 0 Å². The highest BCUT2D eigenvalue weighted by Crippen LogP contribution is 2.38. The molecule has 2 atom stereocenters. The van der Waals surface area contributed by atoms with Crippen LogP contribution in [0, 0.1) is 11.8 Å². The molecule has 0 heterocycles. The quantitative estimate of drug-likeness (QED) is 0.674. The van der Waals surface area contributed by atoms with E-state index in [1.54, 1.807) is 0 Å². The second-order valence-electron chi connectivity index (χ2n) is 3.75. The number of carbonyl (C=O) groups excluding carboxylic acids is 1. The molecule has 0 aliphatic heterocycles. The summed E-state index contributed by atoms with van der Waals surface area (Å²) in [5, 5.41) is 10.9. The van der Waals surface area contributed by atoms with Crippen molar-refractivity contribution in [1.29, 1.82) is 0 Å². The molecule has 2 N–H and O–H groups in total. The van der Waals surface area contributed by atoms with Crippen molar-refractivity contribution in [1.82, 2.24) is 5.32 Å². The molecule has 0 spiro atoms. The zero-order valence-corrected chi connectivity index (χ0v) is 8.79. The number of amides is 1. The lowest BCUT2D eigenvalue weighted by Crippen LogP contribution is -2.30. The molecule has 0 aromatic carbocycles. The summed E-state index contributed by atoms with van der Waals surface area (Å²) in [6.45, 7) is -1.67. The number of alkyl halides is 3. The maximum atomic E-state index is 11.6. The molecule has 8 heteroatoms. The van der Waals surface area contributed by atoms with E-state index >= 15 is 0 Å². The van der Waals surface area contributed by atoms with Crippen LogP contribution in [0.25, 0.3) is 0 Å². The highest BCUT2D eigenvalue weighted by atomic mass is 19.4. The SMILES string of the molecule is O=C(O)[C@H]1C[C@H]1C(=O)NCCOCC(F)(F)F. The van der Waals surface area contributed by atoms with Crippen molar-refractivity contribution in [3.8, 4) is 0 Å². The molecule has 1 aliphatic carbocycles. The fourth-order valence-corrected chi connectivity index (χ4v) is 1.32. The molecule has 0 aromatic rings. The van der Waals surface area contributed by atoms with Crippen LogP contribution in [-0.2, 0) is 14.3 Å². The molecule has 0 radical (unpaired) electrons. The summed E-state index contributed by atoms with van der Waals surface area (Å²) in [5.74, 6) is -2.70. The first-order valence-electron chi connectivity index (χ1n) is 4.96. The Morgan fingerprint density at radius 1 is 1.35 bits per heavy atom. The van der Waals surface area contributed by atoms with E-state index in [9.17, 15) is 22.8 Å². The summed E-state index contributed by atoms with van der Waals surface area (Å²) in [6.07, 6.45) is -4.10. The molecule has 1 saturated carbocycles. The van der Waals surface area contributed by atoms with Crippen LogP contribution in [0.1, 0.15) is 6.42 Å². The molecule has 5 nitrogen and oxygen atoms in total. The molecule has 0 unspecified atom stereocenters. The van der Waals surface area contributed by atoms with Gasteiger partial charge in [0.2, 0.25) is 5.91 Å². The fraction of sp³-hybridized carbons (Fsp3) is 0.778. The number of carboxylic acid groups (broad SMARTS) is 1. The maximum Gasteiger partial charge on any atom is 0.411 e. The highest BCUT2D eigenvalue weighted by Gasteiger charge is 2.48. The molecular formula is C9H12F3NO4. The number of halogens is 3. The molecule has 98 valence electrons. The summed E-state index contributed by atoms with van der Waals surface area (Å²) >= 11 is 0. The number of carbonyl (C=O) groups is 2. The van der Waals surface area contributed by atoms with Crippen molar-refractivity contribution < 1.29 is 32.6 Å². The van der Waals surface area contributed by atoms with Crippen LogP contribution >= 0.6 is 0 Å². The zero-order chi connectivity index (χ0) is 13.1. The second-order valence-corrected chi connectivity index (χ2v) is 3.75. The van der Waals surface area contributed by atoms with Crippen molar-refractivity contribution in [3.05, 3.63) is 0 Å². The largest absolute Gasteiger partial charge is 0.481 e. The van der Waals surface area contributed by atoms with Crippen LogP contribution in [0.5, 0.6) is 0 Å². The number of rotatable bonds is 6. The number of aliphatic carboxylic acids is 1. The molecule has 0 bridgehead atoms. The Hall–Kier alpha value is -1.31. The Labute approximate surface area is 94.9 Å². The van der Waals surface area contributed by atoms with E-state index in [-0.39, 0.29) is 19.6 Å². The molecule has 1 rings (SSSR count). The lowest BCUT2D eigenvalue weighted by Gasteiger charge is -2.08. The van der Waals surface area contributed by atoms with E-state index < -0.39 is 36.5 Å². The van der Waals surface area contributed by atoms with Crippen LogP contribution in [0.4, 0.5) is 13.2 Å². The standard InChI is InChI=1S/C9H12F3NO4/c10-9(11,12)4-17-2-1-13-7(14)5-3-6(5)8(15)16/h5-6H,1-4H2,(H,13,14)(H,15,16)/t5-,6+/m1/s1. The van der Waals surface area contributed by atoms with Gasteiger partial charge in [0.25, 0.3) is 0 Å². The maximum absolute atomic E-state index is 11.6. The highest BCUT2D eigenvalue weighted by molar-refractivity contribution is 5.89. The van der Waals surface area contributed by atoms with Gasteiger partial charge in [-0.2, -0.15) is 13.2 Å². The first-order valence-corrected chi connectivity index (χ1v) is 4.96. The van der Waals surface area contributed by atoms with Gasteiger partial charge in [-0.15, -0.1) is 0 Å². The first-order chi connectivity index (χ1) is 7.81. The zero-order valence-electron chi connectivity index (χ0n) is 8.79. The molecule has 1 aliphatic rings. The van der Waals surface area contributed by atoms with Crippen molar-refractivity contribution in [3.63, 3.8) is 0 Å². The average molecular weight is 255 g/mol. The van der Waals surface area contributed by atoms with Gasteiger partial charge in [0, 0.05) is 6.54 Å². The van der Waals surface area contributed by atoms with Crippen LogP contribution in [0.15, 0.2) is 0 Å². The Morgan fingerprint density at radius 2 is 2.00 bits per heavy atom. The smallest absolute Gasteiger partial charge is 0.411 e. The molecule has 0 aromatic heterocycles. The minimum Gasteiger partial charge on any atom is -0.481 e. The second kappa shape index (κ2) is 5.35. The van der Waals surface area contributed by atoms with Gasteiger partial charge in [0.05, 0.1) is 18.4 Å². The number of nitrogens with one attached hydrogen (secondary N) is 1. The van der Waals surface area contributed by atoms with Crippen molar-refractivity contribution >= 4 is 11.9 Å². The Morgan fingerprint density at radius 3 is 2.47 bits per heavy atom. The fourth-order valence-electron chi connectivity index (χ4n) is 1.32. The van der Waals surface area contributed by atoms with Crippen molar-refractivity contribution in [2.45, 2.75) is 12.6 Å². The Kier molecular flexibility index (Phi) is 4.33. The van der Waals surface area contributed by atoms with Gasteiger partial charge in [0.15, 0.2) is 0 Å². The molecule has 0 saturated heterocycles.